The molecule has 1 fully saturated rings. The van der Waals surface area contributed by atoms with E-state index in [1.807, 2.05) is 5.38 Å². The van der Waals surface area contributed by atoms with Crippen LogP contribution in [-0.2, 0) is 10.6 Å². The molecule has 1 aliphatic heterocycles. The molecule has 0 amide bonds. The zero-order chi connectivity index (χ0) is 13.4. The molecule has 3 heterocycles. The first-order valence-corrected chi connectivity index (χ1v) is 7.84. The van der Waals surface area contributed by atoms with Crippen LogP contribution in [0, 0.1) is 0 Å². The Kier molecular flexibility index (Phi) is 3.80. The van der Waals surface area contributed by atoms with Crippen molar-refractivity contribution in [2.75, 3.05) is 24.7 Å². The van der Waals surface area contributed by atoms with Crippen LogP contribution in [0.15, 0.2) is 5.38 Å². The summed E-state index contributed by atoms with van der Waals surface area (Å²) in [6.45, 7) is 4.35. The number of aromatic nitrogens is 2. The smallest absolute Gasteiger partial charge is 0.224 e. The van der Waals surface area contributed by atoms with Crippen LogP contribution in [0.1, 0.15) is 12.5 Å². The van der Waals surface area contributed by atoms with Crippen molar-refractivity contribution in [1.82, 2.24) is 9.97 Å². The second-order valence-electron chi connectivity index (χ2n) is 4.51. The molecule has 0 N–H and O–H groups in total. The van der Waals surface area contributed by atoms with Crippen LogP contribution in [0.5, 0.6) is 0 Å². The van der Waals surface area contributed by atoms with Gasteiger partial charge >= 0.3 is 0 Å². The van der Waals surface area contributed by atoms with Gasteiger partial charge in [-0.3, -0.25) is 0 Å². The SMILES string of the molecule is CC1COCCN1c1nc(Cl)nc2c(CCl)csc12. The van der Waals surface area contributed by atoms with Crippen LogP contribution in [0.25, 0.3) is 10.2 Å². The number of nitrogens with zero attached hydrogens (tertiary/aromatic N) is 3. The topological polar surface area (TPSA) is 38.2 Å². The van der Waals surface area contributed by atoms with Crippen molar-refractivity contribution >= 4 is 50.6 Å². The molecule has 4 nitrogen and oxygen atoms in total. The van der Waals surface area contributed by atoms with Gasteiger partial charge < -0.3 is 9.64 Å². The molecule has 0 aliphatic carbocycles. The van der Waals surface area contributed by atoms with Crippen molar-refractivity contribution in [3.8, 4) is 0 Å². The Labute approximate surface area is 125 Å². The number of hydrogen-bond donors (Lipinski definition) is 0. The van der Waals surface area contributed by atoms with Crippen molar-refractivity contribution in [2.45, 2.75) is 18.8 Å². The number of anilines is 1. The summed E-state index contributed by atoms with van der Waals surface area (Å²) in [5.41, 5.74) is 1.88. The summed E-state index contributed by atoms with van der Waals surface area (Å²) >= 11 is 13.6. The highest BCUT2D eigenvalue weighted by molar-refractivity contribution is 7.18. The molecule has 0 aromatic carbocycles. The predicted octanol–water partition coefficient (Wildman–Crippen LogP) is 3.31. The summed E-state index contributed by atoms with van der Waals surface area (Å²) in [6, 6.07) is 0.282. The van der Waals surface area contributed by atoms with E-state index in [-0.39, 0.29) is 11.3 Å². The average molecular weight is 318 g/mol. The maximum Gasteiger partial charge on any atom is 0.224 e. The lowest BCUT2D eigenvalue weighted by Crippen LogP contribution is -2.44. The number of alkyl halides is 1. The van der Waals surface area contributed by atoms with Crippen molar-refractivity contribution < 1.29 is 4.74 Å². The summed E-state index contributed by atoms with van der Waals surface area (Å²) in [7, 11) is 0. The molecule has 2 aromatic heterocycles. The van der Waals surface area contributed by atoms with Crippen LogP contribution < -0.4 is 4.90 Å². The lowest BCUT2D eigenvalue weighted by molar-refractivity contribution is 0.0987. The number of hydrogen-bond acceptors (Lipinski definition) is 5. The Morgan fingerprint density at radius 3 is 3.11 bits per heavy atom. The van der Waals surface area contributed by atoms with E-state index in [4.69, 9.17) is 27.9 Å². The molecule has 2 aromatic rings. The summed E-state index contributed by atoms with van der Waals surface area (Å²) in [5, 5.41) is 2.29. The van der Waals surface area contributed by atoms with Gasteiger partial charge in [0.25, 0.3) is 0 Å². The minimum Gasteiger partial charge on any atom is -0.377 e. The number of ether oxygens (including phenoxy) is 1. The van der Waals surface area contributed by atoms with E-state index in [0.717, 1.165) is 28.1 Å². The van der Waals surface area contributed by atoms with E-state index in [2.05, 4.69) is 21.8 Å². The summed E-state index contributed by atoms with van der Waals surface area (Å²) in [4.78, 5) is 11.0. The first-order valence-electron chi connectivity index (χ1n) is 6.04. The number of rotatable bonds is 2. The predicted molar refractivity (Wildman–Crippen MR) is 79.6 cm³/mol. The number of thiophene rings is 1. The first kappa shape index (κ1) is 13.4. The molecule has 1 saturated heterocycles. The molecule has 0 saturated carbocycles. The first-order chi connectivity index (χ1) is 9.20. The zero-order valence-corrected chi connectivity index (χ0v) is 12.7. The molecular weight excluding hydrogens is 305 g/mol. The van der Waals surface area contributed by atoms with Gasteiger partial charge in [0, 0.05) is 12.1 Å². The average Bonchev–Trinajstić information content (AvgIpc) is 2.81. The maximum absolute atomic E-state index is 6.06. The van der Waals surface area contributed by atoms with Crippen LogP contribution in [-0.4, -0.2) is 35.8 Å². The summed E-state index contributed by atoms with van der Waals surface area (Å²) < 4.78 is 6.52. The van der Waals surface area contributed by atoms with Crippen LogP contribution in [0.2, 0.25) is 5.28 Å². The van der Waals surface area contributed by atoms with E-state index < -0.39 is 0 Å². The van der Waals surface area contributed by atoms with E-state index in [0.29, 0.717) is 19.1 Å². The molecule has 1 atom stereocenters. The lowest BCUT2D eigenvalue weighted by Gasteiger charge is -2.34. The molecule has 0 bridgehead atoms. The van der Waals surface area contributed by atoms with Crippen LogP contribution in [0.4, 0.5) is 5.82 Å². The van der Waals surface area contributed by atoms with Gasteiger partial charge in [-0.25, -0.2) is 4.98 Å². The minimum absolute atomic E-state index is 0.269. The van der Waals surface area contributed by atoms with Gasteiger partial charge in [-0.1, -0.05) is 0 Å². The standard InChI is InChI=1S/C12H13Cl2N3OS/c1-7-5-18-3-2-17(7)11-10-9(15-12(14)16-11)8(4-13)6-19-10/h6-7H,2-5H2,1H3. The fourth-order valence-electron chi connectivity index (χ4n) is 2.26. The molecule has 1 unspecified atom stereocenters. The van der Waals surface area contributed by atoms with E-state index in [1.54, 1.807) is 11.3 Å². The van der Waals surface area contributed by atoms with Gasteiger partial charge in [-0.05, 0) is 23.9 Å². The Morgan fingerprint density at radius 1 is 1.53 bits per heavy atom. The largest absolute Gasteiger partial charge is 0.377 e. The van der Waals surface area contributed by atoms with Crippen molar-refractivity contribution in [3.05, 3.63) is 16.2 Å². The molecule has 102 valence electrons. The van der Waals surface area contributed by atoms with Gasteiger partial charge in [-0.2, -0.15) is 4.98 Å². The zero-order valence-electron chi connectivity index (χ0n) is 10.4. The Bertz CT molecular complexity index is 604. The normalized spacial score (nSPS) is 20.2. The third kappa shape index (κ3) is 2.40. The van der Waals surface area contributed by atoms with Crippen molar-refractivity contribution in [2.24, 2.45) is 0 Å². The third-order valence-electron chi connectivity index (χ3n) is 3.23. The van der Waals surface area contributed by atoms with E-state index >= 15 is 0 Å². The van der Waals surface area contributed by atoms with Crippen molar-refractivity contribution in [1.29, 1.82) is 0 Å². The molecule has 3 rings (SSSR count). The fraction of sp³-hybridized carbons (Fsp3) is 0.500. The van der Waals surface area contributed by atoms with E-state index in [9.17, 15) is 0 Å². The van der Waals surface area contributed by atoms with Gasteiger partial charge in [-0.15, -0.1) is 22.9 Å². The molecule has 7 heteroatoms. The number of morpholine rings is 1. The molecule has 1 aliphatic rings. The van der Waals surface area contributed by atoms with Gasteiger partial charge in [0.2, 0.25) is 5.28 Å². The van der Waals surface area contributed by atoms with Crippen LogP contribution >= 0.6 is 34.5 Å². The van der Waals surface area contributed by atoms with Crippen molar-refractivity contribution in [3.63, 3.8) is 0 Å². The van der Waals surface area contributed by atoms with Crippen LogP contribution in [0.3, 0.4) is 0 Å². The second-order valence-corrected chi connectivity index (χ2v) is 5.99. The lowest BCUT2D eigenvalue weighted by atomic mass is 10.2. The van der Waals surface area contributed by atoms with Gasteiger partial charge in [0.15, 0.2) is 5.82 Å². The van der Waals surface area contributed by atoms with Gasteiger partial charge in [0.05, 0.1) is 35.4 Å². The Hall–Kier alpha value is -0.620. The minimum atomic E-state index is 0.269. The summed E-state index contributed by atoms with van der Waals surface area (Å²) in [5.74, 6) is 1.33. The highest BCUT2D eigenvalue weighted by Gasteiger charge is 2.24. The highest BCUT2D eigenvalue weighted by Crippen LogP contribution is 2.34. The Balaban J connectivity index is 2.14. The monoisotopic (exact) mass is 317 g/mol. The number of fused-ring (bicyclic) bond motifs is 1. The highest BCUT2D eigenvalue weighted by atomic mass is 35.5. The molecule has 19 heavy (non-hydrogen) atoms. The second kappa shape index (κ2) is 5.40. The van der Waals surface area contributed by atoms with Gasteiger partial charge in [0.1, 0.15) is 0 Å². The molecular formula is C12H13Cl2N3OS. The number of halogens is 2. The Morgan fingerprint density at radius 2 is 2.37 bits per heavy atom. The third-order valence-corrected chi connectivity index (χ3v) is 4.70. The maximum atomic E-state index is 6.06. The molecule has 0 radical (unpaired) electrons. The fourth-order valence-corrected chi connectivity index (χ4v) is 3.73. The quantitative estimate of drug-likeness (QED) is 0.629. The molecule has 0 spiro atoms. The summed E-state index contributed by atoms with van der Waals surface area (Å²) in [6.07, 6.45) is 0. The van der Waals surface area contributed by atoms with E-state index in [1.165, 1.54) is 0 Å².